The number of rotatable bonds is 4. The van der Waals surface area contributed by atoms with Crippen molar-refractivity contribution in [3.05, 3.63) is 168 Å². The van der Waals surface area contributed by atoms with Gasteiger partial charge in [0, 0.05) is 40.0 Å². The van der Waals surface area contributed by atoms with Crippen molar-refractivity contribution in [2.24, 2.45) is 0 Å². The van der Waals surface area contributed by atoms with Gasteiger partial charge in [0.15, 0.2) is 0 Å². The Morgan fingerprint density at radius 3 is 1.98 bits per heavy atom. The van der Waals surface area contributed by atoms with E-state index < -0.39 is 0 Å². The number of benzene rings is 6. The molecule has 6 aromatic carbocycles. The van der Waals surface area contributed by atoms with Gasteiger partial charge in [-0.2, -0.15) is 0 Å². The fourth-order valence-corrected chi connectivity index (χ4v) is 8.68. The molecule has 0 saturated carbocycles. The second kappa shape index (κ2) is 11.6. The molecule has 0 amide bonds. The molecule has 0 N–H and O–H groups in total. The molecule has 50 heavy (non-hydrogen) atoms. The fourth-order valence-electron chi connectivity index (χ4n) is 8.68. The Morgan fingerprint density at radius 2 is 1.20 bits per heavy atom. The Balaban J connectivity index is 1.17. The molecule has 0 fully saturated rings. The van der Waals surface area contributed by atoms with Gasteiger partial charge in [0.2, 0.25) is 0 Å². The van der Waals surface area contributed by atoms with Gasteiger partial charge in [-0.25, -0.2) is 0 Å². The van der Waals surface area contributed by atoms with Crippen LogP contribution in [-0.2, 0) is 12.8 Å². The fraction of sp³-hybridized carbons (Fsp3) is 0.104. The van der Waals surface area contributed by atoms with E-state index in [2.05, 4.69) is 157 Å². The van der Waals surface area contributed by atoms with Gasteiger partial charge in [0.1, 0.15) is 0 Å². The zero-order valence-corrected chi connectivity index (χ0v) is 28.2. The van der Waals surface area contributed by atoms with Crippen LogP contribution in [0.5, 0.6) is 0 Å². The first-order valence-electron chi connectivity index (χ1n) is 17.8. The highest BCUT2D eigenvalue weighted by molar-refractivity contribution is 6.11. The first-order chi connectivity index (χ1) is 24.7. The van der Waals surface area contributed by atoms with Gasteiger partial charge in [-0.1, -0.05) is 109 Å². The standard InChI is InChI=1S/C48H36N2/c1-31-25-33(28-36(26-31)50-45-23-10-8-16-38(45)39-17-9-11-24-46(39)50)34-27-35(30-49-29-34)47-41-18-4-6-20-43(41)48(44-21-7-5-19-42(44)47)40-22-12-14-32-13-2-3-15-37(32)40/h3-6,8-12,14-20,22-30H,2,7,13,21H2,1H3. The third kappa shape index (κ3) is 4.52. The lowest BCUT2D eigenvalue weighted by atomic mass is 9.78. The summed E-state index contributed by atoms with van der Waals surface area (Å²) in [5.41, 5.74) is 17.9. The van der Waals surface area contributed by atoms with Gasteiger partial charge in [-0.05, 0) is 124 Å². The summed E-state index contributed by atoms with van der Waals surface area (Å²) in [6, 6.07) is 42.6. The van der Waals surface area contributed by atoms with Gasteiger partial charge >= 0.3 is 0 Å². The SMILES string of the molecule is Cc1cc(-c2cncc(-c3c4c(c(-c5cccc6c5C=CCC6)c5ccccc35)CCC=C4)c2)cc(-n2c3ccccc3c3ccccc32)c1. The number of aryl methyl sites for hydroxylation is 2. The van der Waals surface area contributed by atoms with Gasteiger partial charge < -0.3 is 4.57 Å². The van der Waals surface area contributed by atoms with Crippen LogP contribution < -0.4 is 0 Å². The number of fused-ring (bicyclic) bond motifs is 6. The molecule has 8 aromatic rings. The summed E-state index contributed by atoms with van der Waals surface area (Å²) in [6.07, 6.45) is 17.8. The average Bonchev–Trinajstić information content (AvgIpc) is 3.51. The number of hydrogen-bond acceptors (Lipinski definition) is 1. The Bertz CT molecular complexity index is 2670. The molecule has 0 aliphatic heterocycles. The normalized spacial score (nSPS) is 13.6. The van der Waals surface area contributed by atoms with Gasteiger partial charge in [0.25, 0.3) is 0 Å². The number of hydrogen-bond donors (Lipinski definition) is 0. The molecule has 0 bridgehead atoms. The van der Waals surface area contributed by atoms with E-state index in [0.29, 0.717) is 0 Å². The molecule has 0 unspecified atom stereocenters. The summed E-state index contributed by atoms with van der Waals surface area (Å²) < 4.78 is 2.41. The van der Waals surface area contributed by atoms with Crippen molar-refractivity contribution >= 4 is 44.7 Å². The first-order valence-corrected chi connectivity index (χ1v) is 17.8. The molecule has 0 radical (unpaired) electrons. The lowest BCUT2D eigenvalue weighted by Crippen LogP contribution is -2.05. The molecule has 0 atom stereocenters. The van der Waals surface area contributed by atoms with Gasteiger partial charge in [-0.15, -0.1) is 0 Å². The van der Waals surface area contributed by atoms with Crippen molar-refractivity contribution in [2.45, 2.75) is 32.6 Å². The molecular weight excluding hydrogens is 605 g/mol. The zero-order chi connectivity index (χ0) is 33.2. The van der Waals surface area contributed by atoms with Gasteiger partial charge in [-0.3, -0.25) is 4.98 Å². The highest BCUT2D eigenvalue weighted by Crippen LogP contribution is 2.46. The molecule has 2 aliphatic rings. The third-order valence-corrected chi connectivity index (χ3v) is 10.8. The van der Waals surface area contributed by atoms with E-state index in [1.807, 2.05) is 6.20 Å². The summed E-state index contributed by atoms with van der Waals surface area (Å²) in [6.45, 7) is 2.20. The predicted molar refractivity (Wildman–Crippen MR) is 212 cm³/mol. The maximum absolute atomic E-state index is 4.91. The number of nitrogens with zero attached hydrogens (tertiary/aromatic N) is 2. The van der Waals surface area contributed by atoms with Crippen LogP contribution in [0.1, 0.15) is 40.7 Å². The van der Waals surface area contributed by atoms with Crippen molar-refractivity contribution in [3.8, 4) is 39.1 Å². The van der Waals surface area contributed by atoms with Crippen LogP contribution in [0.3, 0.4) is 0 Å². The maximum Gasteiger partial charge on any atom is 0.0541 e. The van der Waals surface area contributed by atoms with Crippen molar-refractivity contribution < 1.29 is 0 Å². The van der Waals surface area contributed by atoms with E-state index in [4.69, 9.17) is 4.98 Å². The molecule has 2 heterocycles. The molecule has 2 nitrogen and oxygen atoms in total. The average molecular weight is 641 g/mol. The number of pyridine rings is 1. The zero-order valence-electron chi connectivity index (χ0n) is 28.2. The Morgan fingerprint density at radius 1 is 0.540 bits per heavy atom. The highest BCUT2D eigenvalue weighted by Gasteiger charge is 2.24. The van der Waals surface area contributed by atoms with E-state index in [1.165, 1.54) is 82.6 Å². The molecular formula is C48H36N2. The van der Waals surface area contributed by atoms with Crippen LogP contribution in [0.25, 0.3) is 83.8 Å². The highest BCUT2D eigenvalue weighted by atomic mass is 15.0. The van der Waals surface area contributed by atoms with Crippen LogP contribution in [0, 0.1) is 6.92 Å². The van der Waals surface area contributed by atoms with Gasteiger partial charge in [0.05, 0.1) is 11.0 Å². The number of para-hydroxylation sites is 2. The molecule has 2 aromatic heterocycles. The minimum absolute atomic E-state index is 1.03. The Hall–Kier alpha value is -5.99. The summed E-state index contributed by atoms with van der Waals surface area (Å²) in [5, 5.41) is 5.14. The van der Waals surface area contributed by atoms with Crippen LogP contribution in [-0.4, -0.2) is 9.55 Å². The summed E-state index contributed by atoms with van der Waals surface area (Å²) in [7, 11) is 0. The molecule has 2 heteroatoms. The summed E-state index contributed by atoms with van der Waals surface area (Å²) in [4.78, 5) is 4.91. The molecule has 238 valence electrons. The third-order valence-electron chi connectivity index (χ3n) is 10.8. The Labute approximate surface area is 292 Å². The van der Waals surface area contributed by atoms with E-state index in [9.17, 15) is 0 Å². The molecule has 10 rings (SSSR count). The Kier molecular flexibility index (Phi) is 6.70. The van der Waals surface area contributed by atoms with Crippen molar-refractivity contribution in [3.63, 3.8) is 0 Å². The molecule has 0 saturated heterocycles. The van der Waals surface area contributed by atoms with Crippen LogP contribution >= 0.6 is 0 Å². The van der Waals surface area contributed by atoms with Crippen molar-refractivity contribution in [2.75, 3.05) is 0 Å². The first kappa shape index (κ1) is 29.0. The van der Waals surface area contributed by atoms with E-state index >= 15 is 0 Å². The second-order valence-corrected chi connectivity index (χ2v) is 13.8. The van der Waals surface area contributed by atoms with Crippen molar-refractivity contribution in [1.29, 1.82) is 0 Å². The van der Waals surface area contributed by atoms with E-state index in [-0.39, 0.29) is 0 Å². The second-order valence-electron chi connectivity index (χ2n) is 13.8. The largest absolute Gasteiger partial charge is 0.309 e. The van der Waals surface area contributed by atoms with Crippen LogP contribution in [0.2, 0.25) is 0 Å². The van der Waals surface area contributed by atoms with Crippen LogP contribution in [0.4, 0.5) is 0 Å². The topological polar surface area (TPSA) is 17.8 Å². The summed E-state index contributed by atoms with van der Waals surface area (Å²) in [5.74, 6) is 0. The monoisotopic (exact) mass is 640 g/mol. The van der Waals surface area contributed by atoms with E-state index in [0.717, 1.165) is 42.5 Å². The van der Waals surface area contributed by atoms with E-state index in [1.54, 1.807) is 0 Å². The lowest BCUT2D eigenvalue weighted by Gasteiger charge is -2.25. The predicted octanol–water partition coefficient (Wildman–Crippen LogP) is 12.6. The minimum atomic E-state index is 1.03. The summed E-state index contributed by atoms with van der Waals surface area (Å²) >= 11 is 0. The quantitative estimate of drug-likeness (QED) is 0.187. The maximum atomic E-state index is 4.91. The number of aromatic nitrogens is 2. The number of allylic oxidation sites excluding steroid dienone is 2. The lowest BCUT2D eigenvalue weighted by molar-refractivity contribution is 0.981. The molecule has 2 aliphatic carbocycles. The van der Waals surface area contributed by atoms with Crippen molar-refractivity contribution in [1.82, 2.24) is 9.55 Å². The van der Waals surface area contributed by atoms with Crippen LogP contribution in [0.15, 0.2) is 140 Å². The molecule has 0 spiro atoms. The smallest absolute Gasteiger partial charge is 0.0541 e. The minimum Gasteiger partial charge on any atom is -0.309 e.